The van der Waals surface area contributed by atoms with E-state index in [1.54, 1.807) is 27.4 Å². The molecule has 1 aliphatic rings. The Hall–Kier alpha value is -1.43. The molecule has 5 nitrogen and oxygen atoms in total. The van der Waals surface area contributed by atoms with Gasteiger partial charge in [0, 0.05) is 20.8 Å². The largest absolute Gasteiger partial charge is 0.496 e. The van der Waals surface area contributed by atoms with Crippen molar-refractivity contribution < 1.29 is 19.0 Å². The predicted octanol–water partition coefficient (Wildman–Crippen LogP) is 1.65. The van der Waals surface area contributed by atoms with Crippen molar-refractivity contribution in [2.24, 2.45) is 0 Å². The minimum atomic E-state index is 0.298. The van der Waals surface area contributed by atoms with Gasteiger partial charge in [-0.2, -0.15) is 0 Å². The fraction of sp³-hybridized carbons (Fsp3) is 0.533. The molecule has 0 bridgehead atoms. The first kappa shape index (κ1) is 16.6. The molecule has 0 spiro atoms. The van der Waals surface area contributed by atoms with E-state index in [1.165, 1.54) is 0 Å². The van der Waals surface area contributed by atoms with Crippen LogP contribution in [0.15, 0.2) is 18.2 Å². The molecule has 1 N–H and O–H groups in total. The summed E-state index contributed by atoms with van der Waals surface area (Å²) >= 11 is 0. The summed E-state index contributed by atoms with van der Waals surface area (Å²) in [5, 5.41) is 3.25. The maximum absolute atomic E-state index is 10.7. The van der Waals surface area contributed by atoms with Crippen LogP contribution < -0.4 is 10.1 Å². The number of nitrogens with one attached hydrogen (secondary N) is 1. The van der Waals surface area contributed by atoms with Crippen molar-refractivity contribution in [1.29, 1.82) is 0 Å². The summed E-state index contributed by atoms with van der Waals surface area (Å²) in [6.07, 6.45) is 2.15. The standard InChI is InChI=1S/C13H17NO3.C2H6O/c1-16-13-6-10(2-3-11(13)8-15)9-17-12-4-5-14-7-12;1-3-2/h2-3,6,8,12,14H,4-5,7,9H2,1H3;1-2H3. The van der Waals surface area contributed by atoms with Gasteiger partial charge in [-0.25, -0.2) is 0 Å². The molecule has 1 fully saturated rings. The van der Waals surface area contributed by atoms with Crippen molar-refractivity contribution in [3.8, 4) is 5.75 Å². The molecule has 0 aromatic heterocycles. The Bertz CT molecular complexity index is 403. The van der Waals surface area contributed by atoms with Crippen LogP contribution in [0.25, 0.3) is 0 Å². The van der Waals surface area contributed by atoms with Crippen LogP contribution >= 0.6 is 0 Å². The summed E-state index contributed by atoms with van der Waals surface area (Å²) in [6.45, 7) is 2.50. The van der Waals surface area contributed by atoms with Gasteiger partial charge < -0.3 is 19.5 Å². The number of methoxy groups -OCH3 is 2. The van der Waals surface area contributed by atoms with E-state index >= 15 is 0 Å². The number of hydrogen-bond acceptors (Lipinski definition) is 5. The second-order valence-electron chi connectivity index (χ2n) is 4.53. The second kappa shape index (κ2) is 9.47. The van der Waals surface area contributed by atoms with E-state index in [-0.39, 0.29) is 0 Å². The highest BCUT2D eigenvalue weighted by Gasteiger charge is 2.14. The van der Waals surface area contributed by atoms with E-state index in [9.17, 15) is 4.79 Å². The minimum absolute atomic E-state index is 0.298. The molecular weight excluding hydrogens is 258 g/mol. The van der Waals surface area contributed by atoms with Crippen LogP contribution in [0.3, 0.4) is 0 Å². The molecule has 0 aliphatic carbocycles. The van der Waals surface area contributed by atoms with Crippen molar-refractivity contribution in [2.45, 2.75) is 19.1 Å². The third kappa shape index (κ3) is 5.28. The summed E-state index contributed by atoms with van der Waals surface area (Å²) in [4.78, 5) is 10.7. The maximum Gasteiger partial charge on any atom is 0.153 e. The number of aldehydes is 1. The van der Waals surface area contributed by atoms with Crippen molar-refractivity contribution >= 4 is 6.29 Å². The molecule has 1 unspecified atom stereocenters. The molecule has 0 amide bonds. The average molecular weight is 281 g/mol. The van der Waals surface area contributed by atoms with E-state index in [1.807, 2.05) is 12.1 Å². The molecule has 1 aromatic rings. The number of carbonyl (C=O) groups is 1. The molecule has 20 heavy (non-hydrogen) atoms. The van der Waals surface area contributed by atoms with Crippen LogP contribution in [0.1, 0.15) is 22.3 Å². The second-order valence-corrected chi connectivity index (χ2v) is 4.53. The Morgan fingerprint density at radius 3 is 2.65 bits per heavy atom. The third-order valence-corrected chi connectivity index (χ3v) is 2.93. The molecular formula is C15H23NO4. The predicted molar refractivity (Wildman–Crippen MR) is 77.4 cm³/mol. The average Bonchev–Trinajstić information content (AvgIpc) is 2.99. The SMILES string of the molecule is COC.COc1cc(COC2CCNC2)ccc1C=O. The van der Waals surface area contributed by atoms with Gasteiger partial charge in [0.1, 0.15) is 5.75 Å². The number of hydrogen-bond donors (Lipinski definition) is 1. The monoisotopic (exact) mass is 281 g/mol. The van der Waals surface area contributed by atoms with Gasteiger partial charge >= 0.3 is 0 Å². The highest BCUT2D eigenvalue weighted by molar-refractivity contribution is 5.79. The smallest absolute Gasteiger partial charge is 0.153 e. The molecule has 1 aromatic carbocycles. The normalized spacial score (nSPS) is 17.2. The lowest BCUT2D eigenvalue weighted by molar-refractivity contribution is 0.0541. The first-order valence-corrected chi connectivity index (χ1v) is 6.59. The van der Waals surface area contributed by atoms with Crippen molar-refractivity contribution in [3.05, 3.63) is 29.3 Å². The Kier molecular flexibility index (Phi) is 7.87. The van der Waals surface area contributed by atoms with E-state index in [0.29, 0.717) is 24.0 Å². The molecule has 112 valence electrons. The van der Waals surface area contributed by atoms with Crippen molar-refractivity contribution in [1.82, 2.24) is 5.32 Å². The highest BCUT2D eigenvalue weighted by Crippen LogP contribution is 2.19. The quantitative estimate of drug-likeness (QED) is 0.832. The lowest BCUT2D eigenvalue weighted by Gasteiger charge is -2.11. The first-order chi connectivity index (χ1) is 9.74. The molecule has 0 radical (unpaired) electrons. The lowest BCUT2D eigenvalue weighted by atomic mass is 10.1. The first-order valence-electron chi connectivity index (χ1n) is 6.59. The maximum atomic E-state index is 10.7. The van der Waals surface area contributed by atoms with Crippen LogP contribution in [0.5, 0.6) is 5.75 Å². The molecule has 1 saturated heterocycles. The van der Waals surface area contributed by atoms with Crippen LogP contribution in [-0.2, 0) is 16.1 Å². The van der Waals surface area contributed by atoms with E-state index in [4.69, 9.17) is 9.47 Å². The zero-order valence-corrected chi connectivity index (χ0v) is 12.3. The highest BCUT2D eigenvalue weighted by atomic mass is 16.5. The molecule has 5 heteroatoms. The fourth-order valence-corrected chi connectivity index (χ4v) is 1.93. The molecule has 1 heterocycles. The Balaban J connectivity index is 0.000000612. The Morgan fingerprint density at radius 2 is 2.10 bits per heavy atom. The zero-order chi connectivity index (χ0) is 14.8. The van der Waals surface area contributed by atoms with Gasteiger partial charge in [-0.3, -0.25) is 4.79 Å². The number of ether oxygens (including phenoxy) is 3. The van der Waals surface area contributed by atoms with E-state index < -0.39 is 0 Å². The van der Waals surface area contributed by atoms with Gasteiger partial charge in [-0.05, 0) is 30.7 Å². The zero-order valence-electron chi connectivity index (χ0n) is 12.3. The topological polar surface area (TPSA) is 56.8 Å². The Labute approximate surface area is 120 Å². The summed E-state index contributed by atoms with van der Waals surface area (Å²) in [6, 6.07) is 5.51. The van der Waals surface area contributed by atoms with Gasteiger partial charge in [-0.1, -0.05) is 6.07 Å². The summed E-state index contributed by atoms with van der Waals surface area (Å²) in [5.74, 6) is 0.602. The van der Waals surface area contributed by atoms with Gasteiger partial charge in [0.2, 0.25) is 0 Å². The van der Waals surface area contributed by atoms with Crippen LogP contribution in [0.4, 0.5) is 0 Å². The van der Waals surface area contributed by atoms with E-state index in [0.717, 1.165) is 31.4 Å². The summed E-state index contributed by atoms with van der Waals surface area (Å²) < 4.78 is 15.2. The summed E-state index contributed by atoms with van der Waals surface area (Å²) in [7, 11) is 4.81. The van der Waals surface area contributed by atoms with Gasteiger partial charge in [-0.15, -0.1) is 0 Å². The number of carbonyl (C=O) groups excluding carboxylic acids is 1. The lowest BCUT2D eigenvalue weighted by Crippen LogP contribution is -2.16. The van der Waals surface area contributed by atoms with Gasteiger partial charge in [0.25, 0.3) is 0 Å². The number of benzene rings is 1. The van der Waals surface area contributed by atoms with Crippen LogP contribution in [0.2, 0.25) is 0 Å². The van der Waals surface area contributed by atoms with Gasteiger partial charge in [0.05, 0.1) is 25.4 Å². The van der Waals surface area contributed by atoms with Crippen molar-refractivity contribution in [2.75, 3.05) is 34.4 Å². The van der Waals surface area contributed by atoms with Crippen LogP contribution in [0, 0.1) is 0 Å². The summed E-state index contributed by atoms with van der Waals surface area (Å²) in [5.41, 5.74) is 1.60. The molecule has 2 rings (SSSR count). The fourth-order valence-electron chi connectivity index (χ4n) is 1.93. The van der Waals surface area contributed by atoms with Crippen molar-refractivity contribution in [3.63, 3.8) is 0 Å². The minimum Gasteiger partial charge on any atom is -0.496 e. The van der Waals surface area contributed by atoms with Gasteiger partial charge in [0.15, 0.2) is 6.29 Å². The van der Waals surface area contributed by atoms with Crippen LogP contribution in [-0.4, -0.2) is 46.8 Å². The molecule has 1 atom stereocenters. The number of rotatable bonds is 5. The third-order valence-electron chi connectivity index (χ3n) is 2.93. The van der Waals surface area contributed by atoms with E-state index in [2.05, 4.69) is 10.1 Å². The molecule has 0 saturated carbocycles. The molecule has 1 aliphatic heterocycles. The Morgan fingerprint density at radius 1 is 1.35 bits per heavy atom.